The normalized spacial score (nSPS) is 11.4. The molecule has 0 aliphatic heterocycles. The minimum Gasteiger partial charge on any atom is -0.370 e. The molecule has 0 N–H and O–H groups in total. The molecular formula is C49H101O5SSi. The van der Waals surface area contributed by atoms with Gasteiger partial charge in [-0.25, -0.2) is 9.46 Å². The summed E-state index contributed by atoms with van der Waals surface area (Å²) in [6, 6.07) is 0. The van der Waals surface area contributed by atoms with Crippen LogP contribution in [0, 0.1) is 0 Å². The summed E-state index contributed by atoms with van der Waals surface area (Å²) < 4.78 is 18.0. The first-order valence-electron chi connectivity index (χ1n) is 25.2. The van der Waals surface area contributed by atoms with Gasteiger partial charge in [-0.3, -0.25) is 4.79 Å². The first-order valence-corrected chi connectivity index (χ1v) is 26.9. The van der Waals surface area contributed by atoms with E-state index >= 15 is 0 Å². The molecule has 0 saturated heterocycles. The first kappa shape index (κ1) is 58.2. The summed E-state index contributed by atoms with van der Waals surface area (Å²) in [4.78, 5) is 14.9. The van der Waals surface area contributed by atoms with Crippen LogP contribution in [0.15, 0.2) is 0 Å². The van der Waals surface area contributed by atoms with Gasteiger partial charge in [0.15, 0.2) is 5.12 Å². The van der Waals surface area contributed by atoms with Crippen LogP contribution >= 0.6 is 12.6 Å². The van der Waals surface area contributed by atoms with Crippen LogP contribution in [0.2, 0.25) is 0 Å². The zero-order valence-electron chi connectivity index (χ0n) is 38.6. The Morgan fingerprint density at radius 3 is 0.732 bits per heavy atom. The largest absolute Gasteiger partial charge is 0.607 e. The number of carbonyl (C=O) groups excluding carboxylic acids is 1. The number of rotatable bonds is 48. The van der Waals surface area contributed by atoms with Crippen molar-refractivity contribution in [2.45, 2.75) is 291 Å². The van der Waals surface area contributed by atoms with Gasteiger partial charge in [0.1, 0.15) is 0 Å². The molecule has 0 atom stereocenters. The second-order valence-electron chi connectivity index (χ2n) is 16.8. The number of hydrogen-bond donors (Lipinski definition) is 1. The van der Waals surface area contributed by atoms with Crippen LogP contribution in [0.25, 0.3) is 0 Å². The Balaban J connectivity index is 0. The summed E-state index contributed by atoms with van der Waals surface area (Å²) in [5.74, 6) is 0. The molecular weight excluding hydrogens is 729 g/mol. The molecule has 337 valence electrons. The van der Waals surface area contributed by atoms with Crippen molar-refractivity contribution >= 4 is 27.3 Å². The van der Waals surface area contributed by atoms with Crippen molar-refractivity contribution in [3.63, 3.8) is 0 Å². The molecule has 0 heterocycles. The second kappa shape index (κ2) is 55.1. The molecule has 5 nitrogen and oxygen atoms in total. The van der Waals surface area contributed by atoms with E-state index in [0.29, 0.717) is 6.61 Å². The van der Waals surface area contributed by atoms with E-state index in [0.717, 1.165) is 32.5 Å². The van der Waals surface area contributed by atoms with E-state index in [4.69, 9.17) is 18.3 Å². The summed E-state index contributed by atoms with van der Waals surface area (Å²) in [6.07, 6.45) is 56.2. The van der Waals surface area contributed by atoms with Crippen molar-refractivity contribution < 1.29 is 23.1 Å². The topological polar surface area (TPSA) is 54.0 Å². The lowest BCUT2D eigenvalue weighted by molar-refractivity contribution is -0.241. The number of thiol groups is 1. The van der Waals surface area contributed by atoms with Crippen molar-refractivity contribution in [2.24, 2.45) is 0 Å². The quantitative estimate of drug-likeness (QED) is 0.0218. The molecule has 0 aromatic carbocycles. The second-order valence-corrected chi connectivity index (χ2v) is 18.7. The van der Waals surface area contributed by atoms with Gasteiger partial charge in [0.2, 0.25) is 0 Å². The fourth-order valence-electron chi connectivity index (χ4n) is 7.26. The van der Waals surface area contributed by atoms with Gasteiger partial charge in [0.05, 0.1) is 6.61 Å². The predicted molar refractivity (Wildman–Crippen MR) is 251 cm³/mol. The molecule has 0 aliphatic rings. The highest BCUT2D eigenvalue weighted by Gasteiger charge is 2.20. The molecule has 0 saturated carbocycles. The third-order valence-corrected chi connectivity index (χ3v) is 12.0. The Kier molecular flexibility index (Phi) is 57.2. The summed E-state index contributed by atoms with van der Waals surface area (Å²) >= 11 is 3.33. The van der Waals surface area contributed by atoms with Gasteiger partial charge >= 0.3 is 9.53 Å². The molecule has 0 fully saturated rings. The Labute approximate surface area is 359 Å². The zero-order valence-corrected chi connectivity index (χ0v) is 40.5. The van der Waals surface area contributed by atoms with Crippen LogP contribution in [-0.2, 0) is 23.1 Å². The molecule has 0 rings (SSSR count). The smallest absolute Gasteiger partial charge is 0.370 e. The summed E-state index contributed by atoms with van der Waals surface area (Å²) in [7, 11) is -1.82. The molecule has 0 aromatic rings. The lowest BCUT2D eigenvalue weighted by Crippen LogP contribution is -2.28. The van der Waals surface area contributed by atoms with Crippen LogP contribution in [0.3, 0.4) is 0 Å². The molecule has 0 bridgehead atoms. The molecule has 0 aromatic heterocycles. The van der Waals surface area contributed by atoms with Crippen molar-refractivity contribution in [3.05, 3.63) is 0 Å². The maximum Gasteiger partial charge on any atom is 0.607 e. The SMILES string of the molecule is CC(=O)S.CCCCCCCCCCCCCCCCCCO[Si](OCCCCCCCCCCCCCCCCCC)OOCCCCCCCCCCC. The van der Waals surface area contributed by atoms with Crippen LogP contribution in [0.5, 0.6) is 0 Å². The van der Waals surface area contributed by atoms with Gasteiger partial charge in [-0.1, -0.05) is 265 Å². The van der Waals surface area contributed by atoms with Gasteiger partial charge in [-0.05, 0) is 19.3 Å². The first-order chi connectivity index (χ1) is 27.6. The molecule has 0 aliphatic carbocycles. The Bertz CT molecular complexity index is 657. The van der Waals surface area contributed by atoms with E-state index in [1.165, 1.54) is 251 Å². The van der Waals surface area contributed by atoms with Gasteiger partial charge in [0, 0.05) is 20.1 Å². The number of unbranched alkanes of at least 4 members (excludes halogenated alkanes) is 38. The predicted octanol–water partition coefficient (Wildman–Crippen LogP) is 17.5. The van der Waals surface area contributed by atoms with Gasteiger partial charge in [0.25, 0.3) is 0 Å². The third-order valence-electron chi connectivity index (χ3n) is 10.9. The molecule has 0 amide bonds. The highest BCUT2D eigenvalue weighted by molar-refractivity contribution is 7.96. The van der Waals surface area contributed by atoms with Crippen LogP contribution in [0.1, 0.15) is 291 Å². The number of hydrogen-bond acceptors (Lipinski definition) is 5. The van der Waals surface area contributed by atoms with Crippen molar-refractivity contribution in [2.75, 3.05) is 19.8 Å². The fraction of sp³-hybridized carbons (Fsp3) is 0.980. The highest BCUT2D eigenvalue weighted by atomic mass is 32.1. The standard InChI is InChI=1S/C47H97O4Si.C2H4OS/c1-4-7-10-13-16-19-21-23-25-27-29-31-34-37-40-43-46-49-52(51-48-45-42-39-36-33-18-15-12-9-6-3)50-47-44-41-38-35-32-30-28-26-24-22-20-17-14-11-8-5-2;1-2(3)4/h4-47H2,1-3H3;1H3,(H,3,4). The minimum absolute atomic E-state index is 0.139. The molecule has 0 spiro atoms. The Morgan fingerprint density at radius 2 is 0.518 bits per heavy atom. The summed E-state index contributed by atoms with van der Waals surface area (Å²) in [5.41, 5.74) is 0. The molecule has 56 heavy (non-hydrogen) atoms. The lowest BCUT2D eigenvalue weighted by Gasteiger charge is -2.14. The molecule has 1 radical (unpaired) electrons. The van der Waals surface area contributed by atoms with E-state index in [1.54, 1.807) is 0 Å². The fourth-order valence-corrected chi connectivity index (χ4v) is 8.24. The average Bonchev–Trinajstić information content (AvgIpc) is 3.18. The van der Waals surface area contributed by atoms with Gasteiger partial charge < -0.3 is 8.85 Å². The average molecular weight is 830 g/mol. The molecule has 7 heteroatoms. The zero-order chi connectivity index (χ0) is 41.1. The lowest BCUT2D eigenvalue weighted by atomic mass is 10.0. The minimum atomic E-state index is -1.82. The Morgan fingerprint density at radius 1 is 0.339 bits per heavy atom. The van der Waals surface area contributed by atoms with E-state index in [1.807, 2.05) is 0 Å². The van der Waals surface area contributed by atoms with Crippen molar-refractivity contribution in [1.82, 2.24) is 0 Å². The molecule has 0 unspecified atom stereocenters. The van der Waals surface area contributed by atoms with Crippen LogP contribution in [-0.4, -0.2) is 34.5 Å². The summed E-state index contributed by atoms with van der Waals surface area (Å²) in [6.45, 7) is 10.4. The monoisotopic (exact) mass is 830 g/mol. The van der Waals surface area contributed by atoms with E-state index in [9.17, 15) is 4.79 Å². The number of carbonyl (C=O) groups is 1. The van der Waals surface area contributed by atoms with E-state index < -0.39 is 9.53 Å². The van der Waals surface area contributed by atoms with Crippen molar-refractivity contribution in [1.29, 1.82) is 0 Å². The maximum absolute atomic E-state index is 9.31. The van der Waals surface area contributed by atoms with Crippen LogP contribution in [0.4, 0.5) is 0 Å². The summed E-state index contributed by atoms with van der Waals surface area (Å²) in [5, 5.41) is -0.139. The maximum atomic E-state index is 9.31. The van der Waals surface area contributed by atoms with Crippen molar-refractivity contribution in [3.8, 4) is 0 Å². The highest BCUT2D eigenvalue weighted by Crippen LogP contribution is 2.16. The van der Waals surface area contributed by atoms with Crippen LogP contribution < -0.4 is 0 Å². The van der Waals surface area contributed by atoms with Gasteiger partial charge in [-0.15, -0.1) is 12.6 Å². The third kappa shape index (κ3) is 58.4. The van der Waals surface area contributed by atoms with E-state index in [-0.39, 0.29) is 5.12 Å². The van der Waals surface area contributed by atoms with Gasteiger partial charge in [-0.2, -0.15) is 0 Å². The Hall–Kier alpha value is 0.0769. The van der Waals surface area contributed by atoms with E-state index in [2.05, 4.69) is 33.4 Å².